The van der Waals surface area contributed by atoms with Gasteiger partial charge in [0.1, 0.15) is 0 Å². The Hall–Kier alpha value is -2.72. The molecule has 2 heterocycles. The summed E-state index contributed by atoms with van der Waals surface area (Å²) in [5, 5.41) is 6.50. The Labute approximate surface area is 186 Å². The van der Waals surface area contributed by atoms with Crippen LogP contribution < -0.4 is 33.1 Å². The lowest BCUT2D eigenvalue weighted by Crippen LogP contribution is -2.26. The number of aromatic amines is 4. The van der Waals surface area contributed by atoms with Crippen molar-refractivity contribution in [2.24, 2.45) is 0 Å². The van der Waals surface area contributed by atoms with E-state index < -0.39 is 11.4 Å². The van der Waals surface area contributed by atoms with Crippen LogP contribution in [-0.2, 0) is 13.1 Å². The monoisotopic (exact) mass is 448 g/mol. The van der Waals surface area contributed by atoms with Crippen molar-refractivity contribution in [1.29, 1.82) is 0 Å². The van der Waals surface area contributed by atoms with Crippen molar-refractivity contribution in [2.45, 2.75) is 77.3 Å². The van der Waals surface area contributed by atoms with Gasteiger partial charge in [-0.1, -0.05) is 51.4 Å². The number of aromatic nitrogens is 4. The van der Waals surface area contributed by atoms with Crippen molar-refractivity contribution in [1.82, 2.24) is 30.6 Å². The average Bonchev–Trinajstić information content (AvgIpc) is 2.72. The average molecular weight is 449 g/mol. The van der Waals surface area contributed by atoms with Crippen LogP contribution in [0.15, 0.2) is 31.3 Å². The first-order valence-electron chi connectivity index (χ1n) is 11.6. The molecule has 0 spiro atoms. The van der Waals surface area contributed by atoms with Crippen molar-refractivity contribution >= 4 is 0 Å². The highest BCUT2D eigenvalue weighted by Gasteiger charge is 1.98. The molecule has 0 unspecified atom stereocenters. The highest BCUT2D eigenvalue weighted by Crippen LogP contribution is 2.10. The summed E-state index contributed by atoms with van der Waals surface area (Å²) in [5.41, 5.74) is -0.458. The number of rotatable bonds is 17. The van der Waals surface area contributed by atoms with Crippen molar-refractivity contribution in [3.63, 3.8) is 0 Å². The lowest BCUT2D eigenvalue weighted by atomic mass is 10.1. The molecule has 0 aliphatic rings. The topological polar surface area (TPSA) is 155 Å². The molecule has 0 amide bonds. The molecule has 0 saturated heterocycles. The Balaban J connectivity index is 1.33. The van der Waals surface area contributed by atoms with Gasteiger partial charge < -0.3 is 20.6 Å². The molecule has 0 atom stereocenters. The summed E-state index contributed by atoms with van der Waals surface area (Å²) < 4.78 is 0. The molecule has 0 radical (unpaired) electrons. The molecule has 32 heavy (non-hydrogen) atoms. The van der Waals surface area contributed by atoms with Gasteiger partial charge in [0, 0.05) is 36.6 Å². The van der Waals surface area contributed by atoms with Crippen LogP contribution in [0.5, 0.6) is 0 Å². The van der Waals surface area contributed by atoms with E-state index in [0.29, 0.717) is 24.5 Å². The fourth-order valence-electron chi connectivity index (χ4n) is 3.59. The minimum atomic E-state index is -0.466. The Morgan fingerprint density at radius 1 is 0.500 bits per heavy atom. The lowest BCUT2D eigenvalue weighted by Gasteiger charge is -2.06. The van der Waals surface area contributed by atoms with Gasteiger partial charge in [0.2, 0.25) is 0 Å². The van der Waals surface area contributed by atoms with Gasteiger partial charge in [-0.3, -0.25) is 19.6 Å². The van der Waals surface area contributed by atoms with E-state index in [1.165, 1.54) is 63.5 Å². The fraction of sp³-hybridized carbons (Fsp3) is 0.636. The van der Waals surface area contributed by atoms with E-state index >= 15 is 0 Å². The van der Waals surface area contributed by atoms with Crippen LogP contribution in [0.4, 0.5) is 0 Å². The molecule has 0 saturated carbocycles. The molecular weight excluding hydrogens is 412 g/mol. The van der Waals surface area contributed by atoms with Crippen molar-refractivity contribution in [3.05, 3.63) is 65.2 Å². The normalized spacial score (nSPS) is 11.1. The van der Waals surface area contributed by atoms with E-state index in [-0.39, 0.29) is 11.1 Å². The molecule has 0 bridgehead atoms. The predicted molar refractivity (Wildman–Crippen MR) is 125 cm³/mol. The number of H-pyrrole nitrogens is 4. The Bertz CT molecular complexity index is 868. The predicted octanol–water partition coefficient (Wildman–Crippen LogP) is 1.22. The second-order valence-corrected chi connectivity index (χ2v) is 8.11. The molecule has 10 heteroatoms. The largest absolute Gasteiger partial charge is 0.325 e. The first-order valence-corrected chi connectivity index (χ1v) is 11.6. The zero-order chi connectivity index (χ0) is 23.0. The summed E-state index contributed by atoms with van der Waals surface area (Å²) in [6, 6.07) is 2.81. The van der Waals surface area contributed by atoms with E-state index in [1.54, 1.807) is 0 Å². The van der Waals surface area contributed by atoms with Crippen LogP contribution in [0.2, 0.25) is 0 Å². The van der Waals surface area contributed by atoms with Gasteiger partial charge in [-0.2, -0.15) is 0 Å². The summed E-state index contributed by atoms with van der Waals surface area (Å²) in [7, 11) is 0. The van der Waals surface area contributed by atoms with Gasteiger partial charge in [0.25, 0.3) is 11.1 Å². The van der Waals surface area contributed by atoms with E-state index in [1.807, 2.05) is 0 Å². The molecule has 6 N–H and O–H groups in total. The second kappa shape index (κ2) is 15.1. The van der Waals surface area contributed by atoms with Gasteiger partial charge in [-0.05, 0) is 25.9 Å². The Kier molecular flexibility index (Phi) is 12.1. The second-order valence-electron chi connectivity index (χ2n) is 8.11. The zero-order valence-electron chi connectivity index (χ0n) is 18.7. The minimum Gasteiger partial charge on any atom is -0.311 e. The summed E-state index contributed by atoms with van der Waals surface area (Å²) in [6.07, 6.45) is 12.1. The van der Waals surface area contributed by atoms with Crippen molar-refractivity contribution in [3.8, 4) is 0 Å². The maximum atomic E-state index is 11.2. The molecule has 0 aliphatic heterocycles. The number of unbranched alkanes of at least 4 members (excludes halogenated alkanes) is 9. The third kappa shape index (κ3) is 11.6. The van der Waals surface area contributed by atoms with Crippen molar-refractivity contribution in [2.75, 3.05) is 13.1 Å². The summed E-state index contributed by atoms with van der Waals surface area (Å²) in [6.45, 7) is 2.75. The van der Waals surface area contributed by atoms with Crippen LogP contribution in [0.1, 0.15) is 75.6 Å². The lowest BCUT2D eigenvalue weighted by molar-refractivity contribution is 0.531. The molecule has 0 fully saturated rings. The van der Waals surface area contributed by atoms with Crippen LogP contribution >= 0.6 is 0 Å². The molecule has 0 aromatic carbocycles. The summed E-state index contributed by atoms with van der Waals surface area (Å²) in [4.78, 5) is 54.3. The van der Waals surface area contributed by atoms with E-state index in [9.17, 15) is 19.2 Å². The molecule has 2 aromatic heterocycles. The van der Waals surface area contributed by atoms with E-state index in [0.717, 1.165) is 25.9 Å². The fourth-order valence-corrected chi connectivity index (χ4v) is 3.59. The van der Waals surface area contributed by atoms with Crippen molar-refractivity contribution < 1.29 is 0 Å². The molecular formula is C22H36N6O4. The van der Waals surface area contributed by atoms with Gasteiger partial charge in [0.05, 0.1) is 0 Å². The van der Waals surface area contributed by atoms with Gasteiger partial charge >= 0.3 is 11.4 Å². The third-order valence-corrected chi connectivity index (χ3v) is 5.22. The smallest absolute Gasteiger partial charge is 0.311 e. The number of nitrogens with one attached hydrogen (secondary N) is 6. The first kappa shape index (κ1) is 25.5. The Morgan fingerprint density at radius 2 is 0.844 bits per heavy atom. The molecule has 2 rings (SSSR count). The highest BCUT2D eigenvalue weighted by atomic mass is 16.2. The summed E-state index contributed by atoms with van der Waals surface area (Å²) in [5.74, 6) is 0. The molecule has 0 aliphatic carbocycles. The first-order chi connectivity index (χ1) is 15.5. The molecule has 178 valence electrons. The molecule has 10 nitrogen and oxygen atoms in total. The van der Waals surface area contributed by atoms with E-state index in [4.69, 9.17) is 0 Å². The Morgan fingerprint density at radius 3 is 1.19 bits per heavy atom. The van der Waals surface area contributed by atoms with Gasteiger partial charge in [-0.25, -0.2) is 9.59 Å². The maximum Gasteiger partial charge on any atom is 0.325 e. The summed E-state index contributed by atoms with van der Waals surface area (Å²) >= 11 is 0. The van der Waals surface area contributed by atoms with Crippen LogP contribution in [0.3, 0.4) is 0 Å². The van der Waals surface area contributed by atoms with Gasteiger partial charge in [-0.15, -0.1) is 0 Å². The van der Waals surface area contributed by atoms with E-state index in [2.05, 4.69) is 30.6 Å². The van der Waals surface area contributed by atoms with Crippen LogP contribution in [0.25, 0.3) is 0 Å². The SMILES string of the molecule is O=c1cc(CNCCCCCCCCCCCCNCc2cc(=O)[nH]c(=O)[nH]2)[nH]c(=O)[nH]1. The maximum absolute atomic E-state index is 11.2. The molecule has 2 aromatic rings. The quantitative estimate of drug-likeness (QED) is 0.200. The number of hydrogen-bond acceptors (Lipinski definition) is 6. The van der Waals surface area contributed by atoms with Crippen LogP contribution in [0, 0.1) is 0 Å². The zero-order valence-corrected chi connectivity index (χ0v) is 18.7. The highest BCUT2D eigenvalue weighted by molar-refractivity contribution is 4.98. The standard InChI is InChI=1S/C22H36N6O4/c29-19-13-17(25-21(31)27-19)15-23-11-9-7-5-3-1-2-4-6-8-10-12-24-16-18-14-20(30)28-22(32)26-18/h13-14,23-24H,1-12,15-16H2,(H2,25,27,29,31)(H2,26,28,30,32). The number of hydrogen-bond donors (Lipinski definition) is 6. The van der Waals surface area contributed by atoms with Gasteiger partial charge in [0.15, 0.2) is 0 Å². The van der Waals surface area contributed by atoms with Crippen LogP contribution in [-0.4, -0.2) is 33.0 Å². The minimum absolute atomic E-state index is 0.372. The third-order valence-electron chi connectivity index (χ3n) is 5.22.